The van der Waals surface area contributed by atoms with E-state index in [2.05, 4.69) is 33.6 Å². The van der Waals surface area contributed by atoms with Crippen LogP contribution in [0.3, 0.4) is 0 Å². The highest BCUT2D eigenvalue weighted by atomic mass is 19.1. The number of hydrogen-bond donors (Lipinski definition) is 1. The number of ether oxygens (including phenoxy) is 2. The van der Waals surface area contributed by atoms with E-state index in [-0.39, 0.29) is 23.7 Å². The molecule has 0 spiro atoms. The number of carbonyl (C=O) groups excluding carboxylic acids is 1. The Hall–Kier alpha value is -4.69. The first-order chi connectivity index (χ1) is 21.8. The number of fused-ring (bicyclic) bond motifs is 3. The van der Waals surface area contributed by atoms with Crippen LogP contribution in [-0.2, 0) is 13.0 Å². The maximum atomic E-state index is 15.6. The number of halogens is 3. The van der Waals surface area contributed by atoms with Gasteiger partial charge in [0, 0.05) is 61.3 Å². The van der Waals surface area contributed by atoms with Crippen LogP contribution in [0.1, 0.15) is 44.4 Å². The molecule has 1 aliphatic rings. The Balaban J connectivity index is 1.58. The molecule has 2 aromatic carbocycles. The highest BCUT2D eigenvalue weighted by Gasteiger charge is 2.39. The molecule has 3 heterocycles. The summed E-state index contributed by atoms with van der Waals surface area (Å²) >= 11 is 0. The number of hydrogen-bond acceptors (Lipinski definition) is 5. The second-order valence-electron chi connectivity index (χ2n) is 10.7. The second-order valence-corrected chi connectivity index (χ2v) is 10.7. The molecule has 0 aliphatic carbocycles. The first-order valence-corrected chi connectivity index (χ1v) is 15.0. The molecule has 1 N–H and O–H groups in total. The predicted molar refractivity (Wildman–Crippen MR) is 169 cm³/mol. The summed E-state index contributed by atoms with van der Waals surface area (Å²) in [5.41, 5.74) is 1.54. The van der Waals surface area contributed by atoms with Gasteiger partial charge in [0.2, 0.25) is 0 Å². The van der Waals surface area contributed by atoms with Gasteiger partial charge in [0.25, 0.3) is 0 Å². The molecule has 0 saturated carbocycles. The number of aromatic amines is 1. The van der Waals surface area contributed by atoms with Gasteiger partial charge in [0.05, 0.1) is 32.1 Å². The maximum Gasteiger partial charge on any atom is 0.334 e. The number of H-pyrrole nitrogens is 1. The summed E-state index contributed by atoms with van der Waals surface area (Å²) in [5.74, 6) is 2.85. The lowest BCUT2D eigenvalue weighted by molar-refractivity contribution is 0.251. The van der Waals surface area contributed by atoms with E-state index >= 15 is 13.2 Å². The van der Waals surface area contributed by atoms with Gasteiger partial charge >= 0.3 is 6.03 Å². The maximum absolute atomic E-state index is 15.6. The van der Waals surface area contributed by atoms with Gasteiger partial charge < -0.3 is 19.4 Å². The van der Waals surface area contributed by atoms with Gasteiger partial charge in [0.1, 0.15) is 17.2 Å². The minimum absolute atomic E-state index is 0.0679. The van der Waals surface area contributed by atoms with Crippen molar-refractivity contribution in [3.05, 3.63) is 71.3 Å². The summed E-state index contributed by atoms with van der Waals surface area (Å²) in [4.78, 5) is 26.6. The van der Waals surface area contributed by atoms with Crippen LogP contribution in [-0.4, -0.2) is 54.8 Å². The zero-order valence-corrected chi connectivity index (χ0v) is 25.8. The van der Waals surface area contributed by atoms with E-state index in [0.29, 0.717) is 28.7 Å². The monoisotopic (exact) mass is 619 g/mol. The highest BCUT2D eigenvalue weighted by Crippen LogP contribution is 2.45. The second kappa shape index (κ2) is 13.9. The molecule has 4 aromatic rings. The number of benzene rings is 2. The molecular formula is C34H36F3N5O3. The quantitative estimate of drug-likeness (QED) is 0.178. The molecule has 0 bridgehead atoms. The molecule has 0 saturated heterocycles. The van der Waals surface area contributed by atoms with Crippen molar-refractivity contribution >= 4 is 34.1 Å². The Labute approximate surface area is 260 Å². The van der Waals surface area contributed by atoms with E-state index in [9.17, 15) is 4.79 Å². The number of pyridine rings is 1. The fourth-order valence-electron chi connectivity index (χ4n) is 5.62. The van der Waals surface area contributed by atoms with Crippen LogP contribution in [0.25, 0.3) is 11.0 Å². The fraction of sp³-hybridized carbons (Fsp3) is 0.353. The number of rotatable bonds is 11. The molecule has 11 heteroatoms. The Morgan fingerprint density at radius 2 is 1.71 bits per heavy atom. The van der Waals surface area contributed by atoms with Gasteiger partial charge in [-0.05, 0) is 31.2 Å². The Morgan fingerprint density at radius 3 is 2.38 bits per heavy atom. The van der Waals surface area contributed by atoms with Crippen LogP contribution in [0.15, 0.2) is 42.6 Å². The molecule has 45 heavy (non-hydrogen) atoms. The molecule has 0 radical (unpaired) electrons. The van der Waals surface area contributed by atoms with Gasteiger partial charge in [0.15, 0.2) is 23.1 Å². The fourth-order valence-corrected chi connectivity index (χ4v) is 5.62. The Morgan fingerprint density at radius 1 is 0.978 bits per heavy atom. The zero-order chi connectivity index (χ0) is 32.1. The standard InChI is InChI=1S/C34H36F3N5O3/c1-5-7-8-11-16-40(15-6-2)17-14-23-18-24-31-22(20-38-33(24)39-23)21-41(34(43)42(31)26-13-10-9-12-25(26)35)32-29(36)27(44-3)19-28(45-4)30(32)37/h9-10,12-13,18-20H,5-6,11,14-17,21H2,1-4H3,(H,38,39). The first kappa shape index (κ1) is 31.7. The van der Waals surface area contributed by atoms with Crippen LogP contribution in [0.5, 0.6) is 11.5 Å². The van der Waals surface area contributed by atoms with Gasteiger partial charge in [-0.25, -0.2) is 22.9 Å². The van der Waals surface area contributed by atoms with Crippen LogP contribution >= 0.6 is 0 Å². The van der Waals surface area contributed by atoms with E-state index in [4.69, 9.17) is 9.47 Å². The Bertz CT molecular complexity index is 1740. The number of urea groups is 1. The average Bonchev–Trinajstić information content (AvgIpc) is 3.46. The lowest BCUT2D eigenvalue weighted by Gasteiger charge is -2.37. The summed E-state index contributed by atoms with van der Waals surface area (Å²) in [6, 6.07) is 7.90. The molecular weight excluding hydrogens is 583 g/mol. The molecule has 0 fully saturated rings. The van der Waals surface area contributed by atoms with E-state index in [1.54, 1.807) is 6.07 Å². The number of methoxy groups -OCH3 is 2. The molecule has 8 nitrogen and oxygen atoms in total. The minimum Gasteiger partial charge on any atom is -0.493 e. The summed E-state index contributed by atoms with van der Waals surface area (Å²) in [7, 11) is 2.45. The minimum atomic E-state index is -1.09. The molecule has 236 valence electrons. The lowest BCUT2D eigenvalue weighted by atomic mass is 10.1. The normalized spacial score (nSPS) is 12.8. The first-order valence-electron chi connectivity index (χ1n) is 15.0. The SMILES string of the molecule is CCC#CCCN(CCC)CCc1cc2c3c(cnc2[nH]1)CN(c1c(F)c(OC)cc(OC)c1F)C(=O)N3c1ccccc1F. The number of para-hydroxylation sites is 1. The third-order valence-corrected chi connectivity index (χ3v) is 7.74. The molecule has 1 aliphatic heterocycles. The third-order valence-electron chi connectivity index (χ3n) is 7.74. The number of nitrogens with zero attached hydrogens (tertiary/aromatic N) is 4. The van der Waals surface area contributed by atoms with Crippen LogP contribution in [0.4, 0.5) is 35.0 Å². The topological polar surface area (TPSA) is 73.9 Å². The molecule has 2 aromatic heterocycles. The number of aromatic nitrogens is 2. The Kier molecular flexibility index (Phi) is 9.83. The van der Waals surface area contributed by atoms with Crippen molar-refractivity contribution in [3.63, 3.8) is 0 Å². The van der Waals surface area contributed by atoms with Gasteiger partial charge in [-0.15, -0.1) is 11.8 Å². The van der Waals surface area contributed by atoms with Crippen LogP contribution in [0.2, 0.25) is 0 Å². The summed E-state index contributed by atoms with van der Waals surface area (Å²) in [6.45, 7) is 6.54. The number of nitrogens with one attached hydrogen (secondary N) is 1. The summed E-state index contributed by atoms with van der Waals surface area (Å²) in [6.07, 6.45) is 4.87. The van der Waals surface area contributed by atoms with Crippen molar-refractivity contribution < 1.29 is 27.4 Å². The smallest absolute Gasteiger partial charge is 0.334 e. The van der Waals surface area contributed by atoms with Crippen LogP contribution < -0.4 is 19.3 Å². The van der Waals surface area contributed by atoms with Crippen molar-refractivity contribution in [2.45, 2.75) is 46.1 Å². The van der Waals surface area contributed by atoms with Gasteiger partial charge in [-0.3, -0.25) is 9.80 Å². The van der Waals surface area contributed by atoms with E-state index < -0.39 is 29.2 Å². The molecule has 5 rings (SSSR count). The average molecular weight is 620 g/mol. The van der Waals surface area contributed by atoms with E-state index in [1.807, 2.05) is 13.0 Å². The number of amides is 2. The van der Waals surface area contributed by atoms with E-state index in [0.717, 1.165) is 60.5 Å². The number of carbonyl (C=O) groups is 1. The van der Waals surface area contributed by atoms with Crippen molar-refractivity contribution in [2.75, 3.05) is 43.7 Å². The lowest BCUT2D eigenvalue weighted by Crippen LogP contribution is -2.46. The van der Waals surface area contributed by atoms with E-state index in [1.165, 1.54) is 38.6 Å². The van der Waals surface area contributed by atoms with Gasteiger partial charge in [-0.2, -0.15) is 0 Å². The molecule has 0 unspecified atom stereocenters. The van der Waals surface area contributed by atoms with Crippen molar-refractivity contribution in [2.24, 2.45) is 0 Å². The largest absolute Gasteiger partial charge is 0.493 e. The van der Waals surface area contributed by atoms with Crippen molar-refractivity contribution in [3.8, 4) is 23.3 Å². The summed E-state index contributed by atoms with van der Waals surface area (Å²) < 4.78 is 56.8. The molecule has 0 atom stereocenters. The number of anilines is 3. The molecule has 2 amide bonds. The van der Waals surface area contributed by atoms with Crippen LogP contribution in [0, 0.1) is 29.3 Å². The van der Waals surface area contributed by atoms with Gasteiger partial charge in [-0.1, -0.05) is 26.0 Å². The third kappa shape index (κ3) is 6.28. The highest BCUT2D eigenvalue weighted by molar-refractivity contribution is 6.15. The zero-order valence-electron chi connectivity index (χ0n) is 25.8. The van der Waals surface area contributed by atoms with Crippen molar-refractivity contribution in [1.29, 1.82) is 0 Å². The predicted octanol–water partition coefficient (Wildman–Crippen LogP) is 7.33. The summed E-state index contributed by atoms with van der Waals surface area (Å²) in [5, 5.41) is 0.596. The van der Waals surface area contributed by atoms with Crippen molar-refractivity contribution in [1.82, 2.24) is 14.9 Å².